The highest BCUT2D eigenvalue weighted by Gasteiger charge is 2.53. The molecule has 0 bridgehead atoms. The number of tetrazole rings is 1. The van der Waals surface area contributed by atoms with E-state index in [1.807, 2.05) is 6.92 Å². The van der Waals surface area contributed by atoms with E-state index in [1.54, 1.807) is 9.80 Å². The van der Waals surface area contributed by atoms with Crippen LogP contribution in [0.25, 0.3) is 0 Å². The van der Waals surface area contributed by atoms with Gasteiger partial charge in [-0.2, -0.15) is 5.21 Å². The lowest BCUT2D eigenvalue weighted by Gasteiger charge is -2.45. The minimum Gasteiger partial charge on any atom is -0.484 e. The van der Waals surface area contributed by atoms with Gasteiger partial charge in [0.15, 0.2) is 17.4 Å². The number of amides is 2. The molecule has 0 unspecified atom stereocenters. The van der Waals surface area contributed by atoms with Crippen molar-refractivity contribution in [1.29, 1.82) is 0 Å². The number of benzene rings is 1. The summed E-state index contributed by atoms with van der Waals surface area (Å²) in [6.07, 6.45) is 2.82. The number of hydrogen-bond donors (Lipinski definition) is 1. The van der Waals surface area contributed by atoms with Crippen molar-refractivity contribution < 1.29 is 27.5 Å². The lowest BCUT2D eigenvalue weighted by Crippen LogP contribution is -2.52. The zero-order chi connectivity index (χ0) is 32.4. The van der Waals surface area contributed by atoms with E-state index in [2.05, 4.69) is 30.9 Å². The summed E-state index contributed by atoms with van der Waals surface area (Å²) in [5, 5.41) is 22.4. The van der Waals surface area contributed by atoms with Crippen molar-refractivity contribution in [2.75, 3.05) is 19.6 Å². The topological polar surface area (TPSA) is 135 Å². The van der Waals surface area contributed by atoms with Crippen LogP contribution in [0.15, 0.2) is 6.07 Å². The number of alkyl halides is 2. The standard InChI is InChI=1S/C30H35ClF3N9O3/c1-29(28-36-38-39-37-28)7-4-3-5-17(29)27(45)43-10-6-16-18(31)11-19(32)25(46-14-20-24(26(33)34)41(2)40-35-20)23(16)21(43)13-42-15-30(8-9-30)12-22(42)44/h11,17,21,26H,3-10,12-15H2,1-2H3,(H,36,37,38,39)/t17-,21+,29-/m0/s1. The van der Waals surface area contributed by atoms with Crippen molar-refractivity contribution in [2.45, 2.75) is 82.8 Å². The molecule has 2 aliphatic carbocycles. The van der Waals surface area contributed by atoms with Gasteiger partial charge in [-0.15, -0.1) is 15.3 Å². The van der Waals surface area contributed by atoms with Crippen molar-refractivity contribution in [2.24, 2.45) is 18.4 Å². The quantitative estimate of drug-likeness (QED) is 0.379. The number of carbonyl (C=O) groups excluding carboxylic acids is 2. The molecule has 1 saturated heterocycles. The van der Waals surface area contributed by atoms with E-state index >= 15 is 4.39 Å². The molecule has 46 heavy (non-hydrogen) atoms. The molecule has 2 amide bonds. The number of carbonyl (C=O) groups is 2. The first-order valence-corrected chi connectivity index (χ1v) is 16.0. The first-order valence-electron chi connectivity index (χ1n) is 15.6. The van der Waals surface area contributed by atoms with E-state index in [1.165, 1.54) is 7.05 Å². The van der Waals surface area contributed by atoms with Crippen LogP contribution in [-0.2, 0) is 35.1 Å². The maximum Gasteiger partial charge on any atom is 0.282 e. The number of H-pyrrole nitrogens is 1. The summed E-state index contributed by atoms with van der Waals surface area (Å²) in [5.74, 6) is -1.21. The fourth-order valence-electron chi connectivity index (χ4n) is 7.80. The van der Waals surface area contributed by atoms with Crippen molar-refractivity contribution in [3.05, 3.63) is 45.2 Å². The van der Waals surface area contributed by atoms with Crippen LogP contribution in [0, 0.1) is 17.2 Å². The predicted octanol–water partition coefficient (Wildman–Crippen LogP) is 4.22. The Balaban J connectivity index is 1.29. The van der Waals surface area contributed by atoms with Crippen molar-refractivity contribution in [3.8, 4) is 5.75 Å². The lowest BCUT2D eigenvalue weighted by atomic mass is 9.66. The Labute approximate surface area is 268 Å². The van der Waals surface area contributed by atoms with Gasteiger partial charge >= 0.3 is 0 Å². The summed E-state index contributed by atoms with van der Waals surface area (Å²) in [7, 11) is 1.34. The molecule has 1 N–H and O–H groups in total. The zero-order valence-corrected chi connectivity index (χ0v) is 26.4. The highest BCUT2D eigenvalue weighted by atomic mass is 35.5. The van der Waals surface area contributed by atoms with Gasteiger partial charge in [0, 0.05) is 49.1 Å². The fourth-order valence-corrected chi connectivity index (χ4v) is 8.09. The Hall–Kier alpha value is -3.75. The number of rotatable bonds is 8. The highest BCUT2D eigenvalue weighted by molar-refractivity contribution is 6.31. The third kappa shape index (κ3) is 5.20. The number of hydrogen-bond acceptors (Lipinski definition) is 8. The Morgan fingerprint density at radius 1 is 1.24 bits per heavy atom. The lowest BCUT2D eigenvalue weighted by molar-refractivity contribution is -0.144. The van der Waals surface area contributed by atoms with Crippen LogP contribution in [0.4, 0.5) is 13.2 Å². The van der Waals surface area contributed by atoms with Gasteiger partial charge in [0.1, 0.15) is 18.0 Å². The van der Waals surface area contributed by atoms with Crippen LogP contribution in [0.3, 0.4) is 0 Å². The average molecular weight is 662 g/mol. The normalized spacial score (nSPS) is 25.4. The van der Waals surface area contributed by atoms with Crippen LogP contribution in [0.1, 0.15) is 92.7 Å². The molecule has 3 fully saturated rings. The van der Waals surface area contributed by atoms with Crippen LogP contribution in [0.5, 0.6) is 5.75 Å². The van der Waals surface area contributed by atoms with Crippen molar-refractivity contribution >= 4 is 23.4 Å². The number of fused-ring (bicyclic) bond motifs is 1. The molecular weight excluding hydrogens is 627 g/mol. The Morgan fingerprint density at radius 2 is 2.04 bits per heavy atom. The number of likely N-dealkylation sites (tertiary alicyclic amines) is 1. The Kier molecular flexibility index (Phi) is 7.72. The van der Waals surface area contributed by atoms with Gasteiger partial charge < -0.3 is 14.5 Å². The summed E-state index contributed by atoms with van der Waals surface area (Å²) in [5.41, 5.74) is -0.367. The molecular formula is C30H35ClF3N9O3. The first kappa shape index (κ1) is 30.9. The minimum absolute atomic E-state index is 0.0163. The monoisotopic (exact) mass is 661 g/mol. The number of halogens is 4. The number of aromatic nitrogens is 7. The second-order valence-electron chi connectivity index (χ2n) is 13.4. The Morgan fingerprint density at radius 3 is 2.74 bits per heavy atom. The molecule has 0 radical (unpaired) electrons. The minimum atomic E-state index is -2.87. The molecule has 7 rings (SSSR count). The molecule has 12 nitrogen and oxygen atoms in total. The fraction of sp³-hybridized carbons (Fsp3) is 0.633. The van der Waals surface area contributed by atoms with Crippen molar-refractivity contribution in [3.63, 3.8) is 0 Å². The molecule has 3 atom stereocenters. The van der Waals surface area contributed by atoms with Gasteiger partial charge in [0.25, 0.3) is 6.43 Å². The van der Waals surface area contributed by atoms with Crippen molar-refractivity contribution in [1.82, 2.24) is 45.4 Å². The van der Waals surface area contributed by atoms with E-state index < -0.39 is 41.9 Å². The number of nitrogens with zero attached hydrogens (tertiary/aromatic N) is 8. The highest BCUT2D eigenvalue weighted by Crippen LogP contribution is 2.54. The molecule has 1 spiro atoms. The zero-order valence-electron chi connectivity index (χ0n) is 25.6. The molecule has 246 valence electrons. The molecule has 2 saturated carbocycles. The maximum atomic E-state index is 15.9. The number of aromatic amines is 1. The number of ether oxygens (including phenoxy) is 1. The second kappa shape index (κ2) is 11.5. The molecule has 4 aliphatic rings. The van der Waals surface area contributed by atoms with Gasteiger partial charge in [0.05, 0.1) is 12.0 Å². The smallest absolute Gasteiger partial charge is 0.282 e. The average Bonchev–Trinajstić information content (AvgIpc) is 3.34. The van der Waals surface area contributed by atoms with Crippen LogP contribution in [-0.4, -0.2) is 76.9 Å². The SMILES string of the molecule is Cn1nnc(COc2c(F)cc(Cl)c3c2[C@@H](CN2CC4(CC4)CC2=O)N(C(=O)[C@@H]2CCCC[C@]2(C)c2nn[nH]n2)CC3)c1C(F)F. The molecule has 3 aromatic rings. The summed E-state index contributed by atoms with van der Waals surface area (Å²) in [6.45, 7) is 2.45. The third-order valence-electron chi connectivity index (χ3n) is 10.5. The molecule has 2 aliphatic heterocycles. The van der Waals surface area contributed by atoms with Gasteiger partial charge in [0.2, 0.25) is 11.8 Å². The van der Waals surface area contributed by atoms with E-state index in [4.69, 9.17) is 16.3 Å². The van der Waals surface area contributed by atoms with Gasteiger partial charge in [-0.05, 0) is 49.1 Å². The van der Waals surface area contributed by atoms with E-state index in [0.29, 0.717) is 49.2 Å². The molecule has 4 heterocycles. The molecule has 1 aromatic carbocycles. The molecule has 2 aromatic heterocycles. The summed E-state index contributed by atoms with van der Waals surface area (Å²) >= 11 is 6.63. The van der Waals surface area contributed by atoms with Gasteiger partial charge in [-0.25, -0.2) is 17.9 Å². The summed E-state index contributed by atoms with van der Waals surface area (Å²) in [4.78, 5) is 31.5. The maximum absolute atomic E-state index is 15.9. The Bertz CT molecular complexity index is 1660. The first-order chi connectivity index (χ1) is 22.0. The van der Waals surface area contributed by atoms with E-state index in [9.17, 15) is 18.4 Å². The number of aryl methyl sites for hydroxylation is 1. The van der Waals surface area contributed by atoms with Crippen LogP contribution >= 0.6 is 11.6 Å². The van der Waals surface area contributed by atoms with E-state index in [-0.39, 0.29) is 46.8 Å². The predicted molar refractivity (Wildman–Crippen MR) is 156 cm³/mol. The second-order valence-corrected chi connectivity index (χ2v) is 13.8. The van der Waals surface area contributed by atoms with Crippen LogP contribution in [0.2, 0.25) is 5.02 Å². The summed E-state index contributed by atoms with van der Waals surface area (Å²) < 4.78 is 50.4. The third-order valence-corrected chi connectivity index (χ3v) is 10.9. The summed E-state index contributed by atoms with van der Waals surface area (Å²) in [6, 6.07) is 0.342. The molecule has 16 heteroatoms. The largest absolute Gasteiger partial charge is 0.484 e. The van der Waals surface area contributed by atoms with Gasteiger partial charge in [-0.1, -0.05) is 41.8 Å². The number of nitrogens with one attached hydrogen (secondary N) is 1. The van der Waals surface area contributed by atoms with Crippen LogP contribution < -0.4 is 4.74 Å². The van der Waals surface area contributed by atoms with E-state index in [0.717, 1.165) is 36.4 Å². The van der Waals surface area contributed by atoms with Gasteiger partial charge in [-0.3, -0.25) is 9.59 Å².